The predicted molar refractivity (Wildman–Crippen MR) is 114 cm³/mol. The van der Waals surface area contributed by atoms with E-state index in [2.05, 4.69) is 15.3 Å². The van der Waals surface area contributed by atoms with Crippen molar-refractivity contribution in [3.8, 4) is 17.3 Å². The smallest absolute Gasteiger partial charge is 0.270 e. The average molecular weight is 404 g/mol. The summed E-state index contributed by atoms with van der Waals surface area (Å²) in [7, 11) is 0. The molecule has 1 aromatic heterocycles. The van der Waals surface area contributed by atoms with E-state index in [4.69, 9.17) is 0 Å². The van der Waals surface area contributed by atoms with Gasteiger partial charge in [-0.3, -0.25) is 9.59 Å². The highest BCUT2D eigenvalue weighted by Gasteiger charge is 2.14. The van der Waals surface area contributed by atoms with Crippen molar-refractivity contribution >= 4 is 17.7 Å². The van der Waals surface area contributed by atoms with Crippen LogP contribution in [0, 0.1) is 18.3 Å². The number of rotatable bonds is 7. The highest BCUT2D eigenvalue weighted by Crippen LogP contribution is 2.22. The zero-order valence-corrected chi connectivity index (χ0v) is 16.8. The number of nitrogens with zero attached hydrogens (tertiary/aromatic N) is 2. The van der Waals surface area contributed by atoms with E-state index in [9.17, 15) is 14.9 Å². The van der Waals surface area contributed by atoms with E-state index in [1.54, 1.807) is 0 Å². The van der Waals surface area contributed by atoms with Gasteiger partial charge in [-0.2, -0.15) is 5.26 Å². The molecule has 0 bridgehead atoms. The Morgan fingerprint density at radius 3 is 2.59 bits per heavy atom. The fraction of sp³-hybridized carbons (Fsp3) is 0.182. The third-order valence-corrected chi connectivity index (χ3v) is 5.13. The molecule has 2 N–H and O–H groups in total. The van der Waals surface area contributed by atoms with E-state index in [0.29, 0.717) is 23.0 Å². The van der Waals surface area contributed by atoms with Crippen molar-refractivity contribution in [2.75, 3.05) is 12.3 Å². The molecule has 0 spiro atoms. The quantitative estimate of drug-likeness (QED) is 0.466. The third kappa shape index (κ3) is 5.56. The Balaban J connectivity index is 1.65. The summed E-state index contributed by atoms with van der Waals surface area (Å²) in [5.74, 6) is -0.0217. The van der Waals surface area contributed by atoms with Gasteiger partial charge in [-0.15, -0.1) is 0 Å². The van der Waals surface area contributed by atoms with Crippen LogP contribution >= 0.6 is 11.8 Å². The number of aromatic amines is 1. The first-order chi connectivity index (χ1) is 14.1. The van der Waals surface area contributed by atoms with Gasteiger partial charge >= 0.3 is 0 Å². The fourth-order valence-electron chi connectivity index (χ4n) is 2.72. The van der Waals surface area contributed by atoms with Gasteiger partial charge in [0.25, 0.3) is 5.56 Å². The van der Waals surface area contributed by atoms with Gasteiger partial charge in [-0.1, -0.05) is 71.9 Å². The molecule has 0 aliphatic carbocycles. The molecule has 0 aliphatic heterocycles. The van der Waals surface area contributed by atoms with Crippen molar-refractivity contribution in [1.82, 2.24) is 15.3 Å². The Labute approximate surface area is 173 Å². The van der Waals surface area contributed by atoms with Gasteiger partial charge in [0.1, 0.15) is 11.6 Å². The number of nitriles is 1. The SMILES string of the molecule is Cc1ccc(-c2nc(SCC(=O)NCCc3ccccc3)[nH]c(=O)c2C#N)cc1. The van der Waals surface area contributed by atoms with Crippen LogP contribution in [0.15, 0.2) is 64.5 Å². The molecular weight excluding hydrogens is 384 g/mol. The molecule has 3 aromatic rings. The van der Waals surface area contributed by atoms with Crippen molar-refractivity contribution in [2.24, 2.45) is 0 Å². The predicted octanol–water partition coefficient (Wildman–Crippen LogP) is 3.07. The van der Waals surface area contributed by atoms with Gasteiger partial charge in [0.05, 0.1) is 11.4 Å². The van der Waals surface area contributed by atoms with Crippen LogP contribution in [0.25, 0.3) is 11.3 Å². The first kappa shape index (κ1) is 20.4. The molecule has 2 aromatic carbocycles. The first-order valence-electron chi connectivity index (χ1n) is 9.11. The van der Waals surface area contributed by atoms with Crippen LogP contribution in [0.2, 0.25) is 0 Å². The Morgan fingerprint density at radius 2 is 1.90 bits per heavy atom. The molecule has 1 heterocycles. The molecule has 0 fully saturated rings. The number of nitrogens with one attached hydrogen (secondary N) is 2. The van der Waals surface area contributed by atoms with E-state index in [1.165, 1.54) is 0 Å². The summed E-state index contributed by atoms with van der Waals surface area (Å²) in [4.78, 5) is 31.4. The normalized spacial score (nSPS) is 10.3. The lowest BCUT2D eigenvalue weighted by Gasteiger charge is -2.08. The number of hydrogen-bond acceptors (Lipinski definition) is 5. The van der Waals surface area contributed by atoms with Crippen molar-refractivity contribution in [1.29, 1.82) is 5.26 Å². The van der Waals surface area contributed by atoms with Gasteiger partial charge in [0.15, 0.2) is 5.16 Å². The molecule has 146 valence electrons. The van der Waals surface area contributed by atoms with Crippen LogP contribution in [0.1, 0.15) is 16.7 Å². The molecule has 0 atom stereocenters. The average Bonchev–Trinajstić information content (AvgIpc) is 2.73. The van der Waals surface area contributed by atoms with Crippen molar-refractivity contribution in [2.45, 2.75) is 18.5 Å². The number of benzene rings is 2. The van der Waals surface area contributed by atoms with Crippen LogP contribution in [0.5, 0.6) is 0 Å². The second kappa shape index (κ2) is 9.71. The van der Waals surface area contributed by atoms with Crippen molar-refractivity contribution in [3.05, 3.63) is 81.6 Å². The van der Waals surface area contributed by atoms with Crippen LogP contribution in [0.3, 0.4) is 0 Å². The minimum absolute atomic E-state index is 0.0366. The summed E-state index contributed by atoms with van der Waals surface area (Å²) in [6.45, 7) is 2.49. The lowest BCUT2D eigenvalue weighted by molar-refractivity contribution is -0.118. The summed E-state index contributed by atoms with van der Waals surface area (Å²) in [6.07, 6.45) is 0.751. The van der Waals surface area contributed by atoms with Crippen LogP contribution in [-0.4, -0.2) is 28.2 Å². The molecule has 1 amide bonds. The zero-order valence-electron chi connectivity index (χ0n) is 15.9. The lowest BCUT2D eigenvalue weighted by atomic mass is 10.1. The van der Waals surface area contributed by atoms with Gasteiger partial charge in [0.2, 0.25) is 5.91 Å². The maximum Gasteiger partial charge on any atom is 0.270 e. The molecule has 0 unspecified atom stereocenters. The van der Waals surface area contributed by atoms with Crippen LogP contribution < -0.4 is 10.9 Å². The summed E-state index contributed by atoms with van der Waals surface area (Å²) in [5.41, 5.74) is 2.69. The number of H-pyrrole nitrogens is 1. The van der Waals surface area contributed by atoms with Crippen LogP contribution in [0.4, 0.5) is 0 Å². The number of amides is 1. The Morgan fingerprint density at radius 1 is 1.17 bits per heavy atom. The second-order valence-electron chi connectivity index (χ2n) is 6.45. The molecule has 29 heavy (non-hydrogen) atoms. The second-order valence-corrected chi connectivity index (χ2v) is 7.41. The van der Waals surface area contributed by atoms with E-state index in [-0.39, 0.29) is 17.2 Å². The van der Waals surface area contributed by atoms with Gasteiger partial charge in [-0.05, 0) is 18.9 Å². The molecule has 0 saturated carbocycles. The summed E-state index contributed by atoms with van der Waals surface area (Å²) in [5, 5.41) is 12.5. The van der Waals surface area contributed by atoms with Crippen LogP contribution in [-0.2, 0) is 11.2 Å². The fourth-order valence-corrected chi connectivity index (χ4v) is 3.41. The first-order valence-corrected chi connectivity index (χ1v) is 10.1. The number of aromatic nitrogens is 2. The number of carbonyl (C=O) groups excluding carboxylic acids is 1. The lowest BCUT2D eigenvalue weighted by Crippen LogP contribution is -2.27. The molecule has 0 saturated heterocycles. The maximum absolute atomic E-state index is 12.3. The standard InChI is InChI=1S/C22H20N4O2S/c1-15-7-9-17(10-8-15)20-18(13-23)21(28)26-22(25-20)29-14-19(27)24-12-11-16-5-3-2-4-6-16/h2-10H,11-12,14H2,1H3,(H,24,27)(H,25,26,28). The zero-order chi connectivity index (χ0) is 20.6. The van der Waals surface area contributed by atoms with E-state index < -0.39 is 5.56 Å². The third-order valence-electron chi connectivity index (χ3n) is 4.25. The minimum Gasteiger partial charge on any atom is -0.355 e. The Bertz CT molecular complexity index is 1090. The molecule has 3 rings (SSSR count). The number of thioether (sulfide) groups is 1. The number of carbonyl (C=O) groups is 1. The summed E-state index contributed by atoms with van der Waals surface area (Å²) >= 11 is 1.13. The minimum atomic E-state index is -0.509. The van der Waals surface area contributed by atoms with Gasteiger partial charge < -0.3 is 10.3 Å². The van der Waals surface area contributed by atoms with Gasteiger partial charge in [0, 0.05) is 12.1 Å². The summed E-state index contributed by atoms with van der Waals surface area (Å²) in [6, 6.07) is 19.3. The maximum atomic E-state index is 12.3. The molecule has 0 radical (unpaired) electrons. The molecule has 6 nitrogen and oxygen atoms in total. The highest BCUT2D eigenvalue weighted by molar-refractivity contribution is 7.99. The number of aryl methyl sites for hydroxylation is 1. The van der Waals surface area contributed by atoms with E-state index >= 15 is 0 Å². The summed E-state index contributed by atoms with van der Waals surface area (Å²) < 4.78 is 0. The Kier molecular flexibility index (Phi) is 6.82. The van der Waals surface area contributed by atoms with Crippen molar-refractivity contribution in [3.63, 3.8) is 0 Å². The highest BCUT2D eigenvalue weighted by atomic mass is 32.2. The van der Waals surface area contributed by atoms with Crippen molar-refractivity contribution < 1.29 is 4.79 Å². The largest absolute Gasteiger partial charge is 0.355 e. The monoisotopic (exact) mass is 404 g/mol. The molecule has 7 heteroatoms. The number of hydrogen-bond donors (Lipinski definition) is 2. The Hall–Kier alpha value is -3.37. The van der Waals surface area contributed by atoms with E-state index in [0.717, 1.165) is 29.3 Å². The van der Waals surface area contributed by atoms with E-state index in [1.807, 2.05) is 67.6 Å². The molecular formula is C22H20N4O2S. The van der Waals surface area contributed by atoms with Gasteiger partial charge in [-0.25, -0.2) is 4.98 Å². The molecule has 0 aliphatic rings. The topological polar surface area (TPSA) is 98.6 Å².